The van der Waals surface area contributed by atoms with E-state index in [2.05, 4.69) is 21.2 Å². The number of nitrogens with one attached hydrogen (secondary N) is 1. The van der Waals surface area contributed by atoms with Gasteiger partial charge in [-0.2, -0.15) is 0 Å². The standard InChI is InChI=1S/C12H16BrNO2/c1-3-4-10(12(15)16)14-11-7-8(2)5-6-9(11)13/h5-7,10,14H,3-4H2,1-2H3,(H,15,16). The summed E-state index contributed by atoms with van der Waals surface area (Å²) in [5.74, 6) is -0.810. The number of benzene rings is 1. The van der Waals surface area contributed by atoms with Gasteiger partial charge in [0.1, 0.15) is 6.04 Å². The largest absolute Gasteiger partial charge is 0.480 e. The molecule has 3 nitrogen and oxygen atoms in total. The van der Waals surface area contributed by atoms with E-state index in [4.69, 9.17) is 5.11 Å². The molecule has 4 heteroatoms. The Kier molecular flexibility index (Phi) is 4.80. The number of anilines is 1. The van der Waals surface area contributed by atoms with Crippen molar-refractivity contribution in [2.45, 2.75) is 32.7 Å². The Morgan fingerprint density at radius 1 is 1.56 bits per heavy atom. The lowest BCUT2D eigenvalue weighted by atomic mass is 10.1. The molecule has 0 radical (unpaired) electrons. The van der Waals surface area contributed by atoms with Crippen LogP contribution in [0, 0.1) is 6.92 Å². The summed E-state index contributed by atoms with van der Waals surface area (Å²) in [4.78, 5) is 11.0. The molecular weight excluding hydrogens is 270 g/mol. The smallest absolute Gasteiger partial charge is 0.326 e. The Hall–Kier alpha value is -1.03. The first-order valence-corrected chi connectivity index (χ1v) is 6.09. The summed E-state index contributed by atoms with van der Waals surface area (Å²) in [5, 5.41) is 12.1. The number of aryl methyl sites for hydroxylation is 1. The van der Waals surface area contributed by atoms with Crippen LogP contribution in [0.3, 0.4) is 0 Å². The molecule has 0 bridgehead atoms. The topological polar surface area (TPSA) is 49.3 Å². The second-order valence-corrected chi connectivity index (χ2v) is 4.66. The van der Waals surface area contributed by atoms with Gasteiger partial charge < -0.3 is 10.4 Å². The number of carboxylic acid groups (broad SMARTS) is 1. The minimum absolute atomic E-state index is 0.525. The maximum Gasteiger partial charge on any atom is 0.326 e. The first-order valence-electron chi connectivity index (χ1n) is 5.30. The first-order chi connectivity index (χ1) is 7.54. The Morgan fingerprint density at radius 3 is 2.81 bits per heavy atom. The van der Waals surface area contributed by atoms with Crippen molar-refractivity contribution in [2.75, 3.05) is 5.32 Å². The molecule has 0 aromatic heterocycles. The molecule has 0 saturated carbocycles. The number of carbonyl (C=O) groups is 1. The lowest BCUT2D eigenvalue weighted by molar-refractivity contribution is -0.138. The van der Waals surface area contributed by atoms with Crippen LogP contribution in [-0.4, -0.2) is 17.1 Å². The van der Waals surface area contributed by atoms with E-state index >= 15 is 0 Å². The molecule has 1 aromatic rings. The van der Waals surface area contributed by atoms with E-state index < -0.39 is 12.0 Å². The van der Waals surface area contributed by atoms with Crippen molar-refractivity contribution in [3.63, 3.8) is 0 Å². The molecule has 1 unspecified atom stereocenters. The molecule has 0 aliphatic carbocycles. The molecule has 0 saturated heterocycles. The van der Waals surface area contributed by atoms with E-state index in [1.807, 2.05) is 32.0 Å². The molecule has 0 amide bonds. The van der Waals surface area contributed by atoms with Crippen LogP contribution >= 0.6 is 15.9 Å². The van der Waals surface area contributed by atoms with Crippen LogP contribution in [0.4, 0.5) is 5.69 Å². The predicted molar refractivity (Wildman–Crippen MR) is 68.8 cm³/mol. The molecule has 1 aromatic carbocycles. The van der Waals surface area contributed by atoms with Gasteiger partial charge in [0, 0.05) is 10.2 Å². The Labute approximate surface area is 104 Å². The fourth-order valence-corrected chi connectivity index (χ4v) is 1.84. The second kappa shape index (κ2) is 5.89. The molecule has 0 fully saturated rings. The van der Waals surface area contributed by atoms with Gasteiger partial charge in [0.05, 0.1) is 0 Å². The summed E-state index contributed by atoms with van der Waals surface area (Å²) in [6.45, 7) is 3.95. The number of hydrogen-bond donors (Lipinski definition) is 2. The van der Waals surface area contributed by atoms with Gasteiger partial charge in [-0.3, -0.25) is 0 Å². The van der Waals surface area contributed by atoms with Crippen molar-refractivity contribution < 1.29 is 9.90 Å². The van der Waals surface area contributed by atoms with Gasteiger partial charge in [-0.15, -0.1) is 0 Å². The van der Waals surface area contributed by atoms with Crippen molar-refractivity contribution in [3.8, 4) is 0 Å². The van der Waals surface area contributed by atoms with Gasteiger partial charge in [-0.05, 0) is 47.0 Å². The van der Waals surface area contributed by atoms with E-state index in [9.17, 15) is 4.79 Å². The average Bonchev–Trinajstić information content (AvgIpc) is 2.22. The van der Waals surface area contributed by atoms with Crippen LogP contribution in [-0.2, 0) is 4.79 Å². The fourth-order valence-electron chi connectivity index (χ4n) is 1.48. The number of halogens is 1. The van der Waals surface area contributed by atoms with Crippen LogP contribution in [0.25, 0.3) is 0 Å². The zero-order chi connectivity index (χ0) is 12.1. The Balaban J connectivity index is 2.84. The summed E-state index contributed by atoms with van der Waals surface area (Å²) in [7, 11) is 0. The van der Waals surface area contributed by atoms with E-state index in [0.717, 1.165) is 22.1 Å². The van der Waals surface area contributed by atoms with Gasteiger partial charge in [-0.1, -0.05) is 19.4 Å². The van der Waals surface area contributed by atoms with Crippen LogP contribution in [0.2, 0.25) is 0 Å². The summed E-state index contributed by atoms with van der Waals surface area (Å²) in [6, 6.07) is 5.31. The number of aliphatic carboxylic acids is 1. The van der Waals surface area contributed by atoms with Crippen molar-refractivity contribution in [3.05, 3.63) is 28.2 Å². The number of rotatable bonds is 5. The van der Waals surface area contributed by atoms with E-state index in [-0.39, 0.29) is 0 Å². The molecule has 1 atom stereocenters. The molecule has 16 heavy (non-hydrogen) atoms. The number of carboxylic acids is 1. The predicted octanol–water partition coefficient (Wildman–Crippen LogP) is 3.42. The first kappa shape index (κ1) is 13.0. The highest BCUT2D eigenvalue weighted by Crippen LogP contribution is 2.24. The third-order valence-corrected chi connectivity index (χ3v) is 3.02. The molecule has 0 aliphatic rings. The van der Waals surface area contributed by atoms with Gasteiger partial charge in [-0.25, -0.2) is 4.79 Å². The quantitative estimate of drug-likeness (QED) is 0.872. The molecule has 0 spiro atoms. The summed E-state index contributed by atoms with van der Waals surface area (Å²) in [6.07, 6.45) is 1.46. The minimum atomic E-state index is -0.810. The third kappa shape index (κ3) is 3.52. The maximum absolute atomic E-state index is 11.0. The zero-order valence-corrected chi connectivity index (χ0v) is 11.0. The van der Waals surface area contributed by atoms with Crippen LogP contribution < -0.4 is 5.32 Å². The van der Waals surface area contributed by atoms with Crippen LogP contribution in [0.15, 0.2) is 22.7 Å². The second-order valence-electron chi connectivity index (χ2n) is 3.81. The lowest BCUT2D eigenvalue weighted by Gasteiger charge is -2.16. The normalized spacial score (nSPS) is 12.2. The van der Waals surface area contributed by atoms with Gasteiger partial charge in [0.2, 0.25) is 0 Å². The fraction of sp³-hybridized carbons (Fsp3) is 0.417. The highest BCUT2D eigenvalue weighted by atomic mass is 79.9. The monoisotopic (exact) mass is 285 g/mol. The third-order valence-electron chi connectivity index (χ3n) is 2.33. The lowest BCUT2D eigenvalue weighted by Crippen LogP contribution is -2.29. The average molecular weight is 286 g/mol. The van der Waals surface area contributed by atoms with E-state index in [1.165, 1.54) is 0 Å². The van der Waals surface area contributed by atoms with Crippen molar-refractivity contribution >= 4 is 27.6 Å². The van der Waals surface area contributed by atoms with Crippen molar-refractivity contribution in [2.24, 2.45) is 0 Å². The minimum Gasteiger partial charge on any atom is -0.480 e. The molecule has 1 rings (SSSR count). The highest BCUT2D eigenvalue weighted by Gasteiger charge is 2.16. The maximum atomic E-state index is 11.0. The van der Waals surface area contributed by atoms with Crippen LogP contribution in [0.1, 0.15) is 25.3 Å². The summed E-state index contributed by atoms with van der Waals surface area (Å²) < 4.78 is 0.889. The van der Waals surface area contributed by atoms with Crippen molar-refractivity contribution in [1.29, 1.82) is 0 Å². The number of hydrogen-bond acceptors (Lipinski definition) is 2. The molecular formula is C12H16BrNO2. The highest BCUT2D eigenvalue weighted by molar-refractivity contribution is 9.10. The van der Waals surface area contributed by atoms with E-state index in [1.54, 1.807) is 0 Å². The summed E-state index contributed by atoms with van der Waals surface area (Å²) >= 11 is 3.40. The van der Waals surface area contributed by atoms with Gasteiger partial charge in [0.25, 0.3) is 0 Å². The summed E-state index contributed by atoms with van der Waals surface area (Å²) in [5.41, 5.74) is 1.94. The molecule has 88 valence electrons. The molecule has 2 N–H and O–H groups in total. The van der Waals surface area contributed by atoms with Crippen LogP contribution in [0.5, 0.6) is 0 Å². The molecule has 0 aliphatic heterocycles. The SMILES string of the molecule is CCCC(Nc1cc(C)ccc1Br)C(=O)O. The Morgan fingerprint density at radius 2 is 2.25 bits per heavy atom. The van der Waals surface area contributed by atoms with Crippen molar-refractivity contribution in [1.82, 2.24) is 0 Å². The van der Waals surface area contributed by atoms with Gasteiger partial charge >= 0.3 is 5.97 Å². The zero-order valence-electron chi connectivity index (χ0n) is 9.46. The molecule has 0 heterocycles. The van der Waals surface area contributed by atoms with E-state index in [0.29, 0.717) is 6.42 Å². The van der Waals surface area contributed by atoms with Gasteiger partial charge in [0.15, 0.2) is 0 Å². The Bertz CT molecular complexity index is 379.